The highest BCUT2D eigenvalue weighted by Crippen LogP contribution is 2.20. The van der Waals surface area contributed by atoms with Crippen LogP contribution in [0.4, 0.5) is 0 Å². The van der Waals surface area contributed by atoms with E-state index in [9.17, 15) is 9.59 Å². The number of ether oxygens (including phenoxy) is 1. The van der Waals surface area contributed by atoms with Gasteiger partial charge in [-0.3, -0.25) is 9.20 Å². The average Bonchev–Trinajstić information content (AvgIpc) is 3.08. The fraction of sp³-hybridized carbons (Fsp3) is 0.158. The van der Waals surface area contributed by atoms with Gasteiger partial charge in [-0.2, -0.15) is 0 Å². The van der Waals surface area contributed by atoms with Crippen LogP contribution in [0, 0.1) is 0 Å². The lowest BCUT2D eigenvalue weighted by atomic mass is 10.2. The van der Waals surface area contributed by atoms with Crippen LogP contribution in [-0.2, 0) is 11.3 Å². The Balaban J connectivity index is 1.40. The lowest BCUT2D eigenvalue weighted by Crippen LogP contribution is -2.36. The van der Waals surface area contributed by atoms with Crippen molar-refractivity contribution in [2.75, 3.05) is 0 Å². The molecule has 1 unspecified atom stereocenters. The van der Waals surface area contributed by atoms with Gasteiger partial charge in [0.25, 0.3) is 5.91 Å². The topological polar surface area (TPSA) is 98.7 Å². The molecule has 1 amide bonds. The Labute approximate surface area is 153 Å². The predicted molar refractivity (Wildman–Crippen MR) is 97.4 cm³/mol. The summed E-state index contributed by atoms with van der Waals surface area (Å²) >= 11 is 0. The summed E-state index contributed by atoms with van der Waals surface area (Å²) in [5.74, 6) is 0.731. The Hall–Kier alpha value is -3.68. The summed E-state index contributed by atoms with van der Waals surface area (Å²) in [5.41, 5.74) is 0.666. The van der Waals surface area contributed by atoms with E-state index >= 15 is 0 Å². The first-order valence-corrected chi connectivity index (χ1v) is 8.35. The first-order valence-electron chi connectivity index (χ1n) is 8.35. The minimum Gasteiger partial charge on any atom is -0.481 e. The maximum atomic E-state index is 12.3. The van der Waals surface area contributed by atoms with Crippen LogP contribution in [0.2, 0.25) is 0 Å². The van der Waals surface area contributed by atoms with Gasteiger partial charge in [-0.1, -0.05) is 0 Å². The summed E-state index contributed by atoms with van der Waals surface area (Å²) in [7, 11) is 0. The number of amides is 1. The number of rotatable bonds is 5. The summed E-state index contributed by atoms with van der Waals surface area (Å²) < 4.78 is 12.6. The van der Waals surface area contributed by atoms with Crippen molar-refractivity contribution in [3.63, 3.8) is 0 Å². The van der Waals surface area contributed by atoms with Gasteiger partial charge in [0.2, 0.25) is 5.78 Å². The molecule has 27 heavy (non-hydrogen) atoms. The second kappa shape index (κ2) is 6.91. The van der Waals surface area contributed by atoms with Gasteiger partial charge in [0.1, 0.15) is 11.3 Å². The third kappa shape index (κ3) is 3.64. The lowest BCUT2D eigenvalue weighted by molar-refractivity contribution is -0.127. The standard InChI is InChI=1S/C19H16N4O4/c1-12(26-15-5-3-13-4-6-17(24)27-16(13)9-15)18(25)21-10-14-11-23-8-2-7-20-19(23)22-14/h2-9,11-12H,10H2,1H3,(H,21,25). The van der Waals surface area contributed by atoms with Crippen molar-refractivity contribution in [3.8, 4) is 5.75 Å². The third-order valence-corrected chi connectivity index (χ3v) is 4.01. The van der Waals surface area contributed by atoms with E-state index in [4.69, 9.17) is 9.15 Å². The van der Waals surface area contributed by atoms with E-state index in [1.165, 1.54) is 6.07 Å². The molecule has 0 aliphatic rings. The number of nitrogens with zero attached hydrogens (tertiary/aromatic N) is 3. The fourth-order valence-corrected chi connectivity index (χ4v) is 2.66. The summed E-state index contributed by atoms with van der Waals surface area (Å²) in [4.78, 5) is 32.1. The van der Waals surface area contributed by atoms with Crippen molar-refractivity contribution in [3.05, 3.63) is 71.1 Å². The molecular formula is C19H16N4O4. The zero-order valence-electron chi connectivity index (χ0n) is 14.5. The Morgan fingerprint density at radius 1 is 1.33 bits per heavy atom. The van der Waals surface area contributed by atoms with Gasteiger partial charge in [-0.15, -0.1) is 0 Å². The second-order valence-electron chi connectivity index (χ2n) is 5.99. The Bertz CT molecular complexity index is 1150. The molecular weight excluding hydrogens is 348 g/mol. The quantitative estimate of drug-likeness (QED) is 0.543. The van der Waals surface area contributed by atoms with Gasteiger partial charge in [0, 0.05) is 36.1 Å². The maximum absolute atomic E-state index is 12.3. The third-order valence-electron chi connectivity index (χ3n) is 4.01. The highest BCUT2D eigenvalue weighted by molar-refractivity contribution is 5.81. The van der Waals surface area contributed by atoms with E-state index in [0.29, 0.717) is 22.8 Å². The SMILES string of the molecule is CC(Oc1ccc2ccc(=O)oc2c1)C(=O)NCc1cn2cccnc2n1. The molecule has 3 heterocycles. The Morgan fingerprint density at radius 3 is 3.04 bits per heavy atom. The van der Waals surface area contributed by atoms with E-state index in [2.05, 4.69) is 15.3 Å². The Kier molecular flexibility index (Phi) is 4.29. The molecule has 0 aliphatic heterocycles. The van der Waals surface area contributed by atoms with Crippen LogP contribution in [0.5, 0.6) is 5.75 Å². The predicted octanol–water partition coefficient (Wildman–Crippen LogP) is 1.92. The van der Waals surface area contributed by atoms with Gasteiger partial charge >= 0.3 is 5.63 Å². The summed E-state index contributed by atoms with van der Waals surface area (Å²) in [5, 5.41) is 3.56. The molecule has 1 atom stereocenters. The van der Waals surface area contributed by atoms with Crippen LogP contribution in [0.1, 0.15) is 12.6 Å². The number of benzene rings is 1. The van der Waals surface area contributed by atoms with Crippen LogP contribution >= 0.6 is 0 Å². The van der Waals surface area contributed by atoms with Gasteiger partial charge in [0.15, 0.2) is 6.10 Å². The molecule has 8 nitrogen and oxygen atoms in total. The molecule has 4 rings (SSSR count). The molecule has 3 aromatic heterocycles. The average molecular weight is 364 g/mol. The number of imidazole rings is 1. The maximum Gasteiger partial charge on any atom is 0.336 e. The highest BCUT2D eigenvalue weighted by Gasteiger charge is 2.15. The fourth-order valence-electron chi connectivity index (χ4n) is 2.66. The highest BCUT2D eigenvalue weighted by atomic mass is 16.5. The lowest BCUT2D eigenvalue weighted by Gasteiger charge is -2.14. The zero-order valence-corrected chi connectivity index (χ0v) is 14.5. The number of nitrogens with one attached hydrogen (secondary N) is 1. The number of carbonyl (C=O) groups is 1. The molecule has 8 heteroatoms. The molecule has 4 aromatic rings. The van der Waals surface area contributed by atoms with Crippen molar-refractivity contribution in [1.82, 2.24) is 19.7 Å². The molecule has 0 radical (unpaired) electrons. The molecule has 0 spiro atoms. The second-order valence-corrected chi connectivity index (χ2v) is 5.99. The molecule has 0 saturated carbocycles. The van der Waals surface area contributed by atoms with Gasteiger partial charge < -0.3 is 14.5 Å². The van der Waals surface area contributed by atoms with E-state index in [1.807, 2.05) is 6.20 Å². The molecule has 1 aromatic carbocycles. The normalized spacial score (nSPS) is 12.2. The van der Waals surface area contributed by atoms with Crippen molar-refractivity contribution < 1.29 is 13.9 Å². The van der Waals surface area contributed by atoms with Crippen molar-refractivity contribution in [1.29, 1.82) is 0 Å². The first-order chi connectivity index (χ1) is 13.1. The van der Waals surface area contributed by atoms with Crippen molar-refractivity contribution >= 4 is 22.7 Å². The first kappa shape index (κ1) is 16.8. The largest absolute Gasteiger partial charge is 0.481 e. The van der Waals surface area contributed by atoms with E-state index in [1.54, 1.807) is 54.0 Å². The molecule has 0 bridgehead atoms. The molecule has 0 fully saturated rings. The number of hydrogen-bond acceptors (Lipinski definition) is 6. The van der Waals surface area contributed by atoms with Crippen LogP contribution in [0.25, 0.3) is 16.7 Å². The number of hydrogen-bond donors (Lipinski definition) is 1. The number of carbonyl (C=O) groups excluding carboxylic acids is 1. The summed E-state index contributed by atoms with van der Waals surface area (Å²) in [6, 6.07) is 9.91. The van der Waals surface area contributed by atoms with Gasteiger partial charge in [0.05, 0.1) is 12.2 Å². The van der Waals surface area contributed by atoms with Crippen LogP contribution < -0.4 is 15.7 Å². The number of aromatic nitrogens is 3. The van der Waals surface area contributed by atoms with Crippen LogP contribution in [-0.4, -0.2) is 26.4 Å². The Morgan fingerprint density at radius 2 is 2.19 bits per heavy atom. The number of fused-ring (bicyclic) bond motifs is 2. The van der Waals surface area contributed by atoms with Crippen molar-refractivity contribution in [2.45, 2.75) is 19.6 Å². The minimum atomic E-state index is -0.729. The van der Waals surface area contributed by atoms with E-state index in [0.717, 1.165) is 5.39 Å². The molecule has 0 aliphatic carbocycles. The van der Waals surface area contributed by atoms with E-state index in [-0.39, 0.29) is 12.5 Å². The molecule has 136 valence electrons. The van der Waals surface area contributed by atoms with E-state index < -0.39 is 11.7 Å². The van der Waals surface area contributed by atoms with Gasteiger partial charge in [-0.05, 0) is 31.2 Å². The van der Waals surface area contributed by atoms with Crippen LogP contribution in [0.3, 0.4) is 0 Å². The minimum absolute atomic E-state index is 0.266. The van der Waals surface area contributed by atoms with Crippen molar-refractivity contribution in [2.24, 2.45) is 0 Å². The zero-order chi connectivity index (χ0) is 18.8. The van der Waals surface area contributed by atoms with Gasteiger partial charge in [-0.25, -0.2) is 14.8 Å². The summed E-state index contributed by atoms with van der Waals surface area (Å²) in [6.07, 6.45) is 4.57. The smallest absolute Gasteiger partial charge is 0.336 e. The monoisotopic (exact) mass is 364 g/mol. The van der Waals surface area contributed by atoms with Crippen LogP contribution in [0.15, 0.2) is 64.2 Å². The molecule has 0 saturated heterocycles. The summed E-state index contributed by atoms with van der Waals surface area (Å²) in [6.45, 7) is 1.91. The molecule has 1 N–H and O–H groups in total.